The number of carboxylic acid groups (broad SMARTS) is 1. The van der Waals surface area contributed by atoms with Gasteiger partial charge in [0.2, 0.25) is 0 Å². The average Bonchev–Trinajstić information content (AvgIpc) is 2.54. The molecule has 0 aliphatic carbocycles. The number of halogens is 1. The van der Waals surface area contributed by atoms with Gasteiger partial charge in [0.25, 0.3) is 0 Å². The summed E-state index contributed by atoms with van der Waals surface area (Å²) in [6, 6.07) is 5.30. The molecule has 0 fully saturated rings. The van der Waals surface area contributed by atoms with Crippen molar-refractivity contribution in [3.8, 4) is 5.75 Å². The van der Waals surface area contributed by atoms with E-state index in [0.717, 1.165) is 15.4 Å². The van der Waals surface area contributed by atoms with Crippen LogP contribution >= 0.6 is 15.9 Å². The lowest BCUT2D eigenvalue weighted by atomic mass is 10.2. The summed E-state index contributed by atoms with van der Waals surface area (Å²) in [5, 5.41) is 9.87. The highest BCUT2D eigenvalue weighted by molar-refractivity contribution is 9.10. The molecular weight excluding hydrogens is 274 g/mol. The maximum absolute atomic E-state index is 11.0. The number of fused-ring (bicyclic) bond motifs is 1. The Hall–Kier alpha value is -1.49. The van der Waals surface area contributed by atoms with Crippen molar-refractivity contribution < 1.29 is 14.6 Å². The van der Waals surface area contributed by atoms with E-state index in [9.17, 15) is 4.79 Å². The zero-order chi connectivity index (χ0) is 11.9. The van der Waals surface area contributed by atoms with E-state index in [0.29, 0.717) is 5.75 Å². The van der Waals surface area contributed by atoms with Gasteiger partial charge in [0.05, 0.1) is 17.1 Å². The topological polar surface area (TPSA) is 51.5 Å². The molecule has 16 heavy (non-hydrogen) atoms. The first kappa shape index (κ1) is 11.0. The fourth-order valence-electron chi connectivity index (χ4n) is 1.70. The highest BCUT2D eigenvalue weighted by Gasteiger charge is 2.13. The van der Waals surface area contributed by atoms with Crippen LogP contribution in [0, 0.1) is 0 Å². The van der Waals surface area contributed by atoms with Crippen LogP contribution in [0.4, 0.5) is 0 Å². The average molecular weight is 284 g/mol. The minimum Gasteiger partial charge on any atom is -0.495 e. The van der Waals surface area contributed by atoms with Crippen molar-refractivity contribution >= 4 is 32.8 Å². The van der Waals surface area contributed by atoms with Crippen molar-refractivity contribution in [2.45, 2.75) is 0 Å². The minimum atomic E-state index is -0.936. The molecule has 1 aromatic carbocycles. The summed E-state index contributed by atoms with van der Waals surface area (Å²) >= 11 is 3.37. The summed E-state index contributed by atoms with van der Waals surface area (Å²) in [5.74, 6) is -0.251. The molecule has 2 aromatic rings. The Kier molecular flexibility index (Phi) is 2.63. The van der Waals surface area contributed by atoms with Crippen LogP contribution < -0.4 is 4.74 Å². The normalized spacial score (nSPS) is 10.7. The first-order valence-corrected chi connectivity index (χ1v) is 5.40. The van der Waals surface area contributed by atoms with E-state index in [4.69, 9.17) is 9.84 Å². The smallest absolute Gasteiger partial charge is 0.352 e. The number of aromatic carboxylic acids is 1. The molecule has 0 spiro atoms. The van der Waals surface area contributed by atoms with Crippen LogP contribution in [-0.2, 0) is 7.05 Å². The number of methoxy groups -OCH3 is 1. The summed E-state index contributed by atoms with van der Waals surface area (Å²) in [6.07, 6.45) is 0. The summed E-state index contributed by atoms with van der Waals surface area (Å²) in [7, 11) is 3.30. The van der Waals surface area contributed by atoms with Crippen LogP contribution in [0.1, 0.15) is 10.5 Å². The van der Waals surface area contributed by atoms with Crippen LogP contribution in [0.25, 0.3) is 10.9 Å². The van der Waals surface area contributed by atoms with E-state index in [1.807, 2.05) is 12.1 Å². The lowest BCUT2D eigenvalue weighted by Crippen LogP contribution is -2.03. The molecule has 1 aromatic heterocycles. The first-order valence-electron chi connectivity index (χ1n) is 4.61. The first-order chi connectivity index (χ1) is 7.54. The number of carbonyl (C=O) groups is 1. The zero-order valence-electron chi connectivity index (χ0n) is 8.82. The van der Waals surface area contributed by atoms with E-state index in [1.165, 1.54) is 0 Å². The Morgan fingerprint density at radius 2 is 2.12 bits per heavy atom. The monoisotopic (exact) mass is 283 g/mol. The highest BCUT2D eigenvalue weighted by atomic mass is 79.9. The Balaban J connectivity index is 2.77. The zero-order valence-corrected chi connectivity index (χ0v) is 10.4. The number of aromatic nitrogens is 1. The van der Waals surface area contributed by atoms with Gasteiger partial charge in [0.1, 0.15) is 11.4 Å². The van der Waals surface area contributed by atoms with Gasteiger partial charge in [0, 0.05) is 18.5 Å². The largest absolute Gasteiger partial charge is 0.495 e. The quantitative estimate of drug-likeness (QED) is 0.922. The van der Waals surface area contributed by atoms with Gasteiger partial charge in [0.15, 0.2) is 0 Å². The molecule has 0 amide bonds. The van der Waals surface area contributed by atoms with Gasteiger partial charge in [-0.25, -0.2) is 4.79 Å². The van der Waals surface area contributed by atoms with Crippen molar-refractivity contribution in [2.75, 3.05) is 7.11 Å². The third kappa shape index (κ3) is 1.57. The number of carboxylic acids is 1. The number of ether oxygens (including phenoxy) is 1. The van der Waals surface area contributed by atoms with Gasteiger partial charge in [-0.05, 0) is 28.1 Å². The maximum Gasteiger partial charge on any atom is 0.352 e. The molecular formula is C11H10BrNO3. The SMILES string of the molecule is COc1cc2c(cc1Br)cc(C(=O)O)n2C. The Morgan fingerprint density at radius 1 is 1.44 bits per heavy atom. The van der Waals surface area contributed by atoms with Gasteiger partial charge in [-0.3, -0.25) is 0 Å². The number of hydrogen-bond acceptors (Lipinski definition) is 2. The summed E-state index contributed by atoms with van der Waals surface area (Å²) in [6.45, 7) is 0. The van der Waals surface area contributed by atoms with Crippen molar-refractivity contribution in [3.63, 3.8) is 0 Å². The minimum absolute atomic E-state index is 0.259. The number of rotatable bonds is 2. The molecule has 84 valence electrons. The van der Waals surface area contributed by atoms with Gasteiger partial charge >= 0.3 is 5.97 Å². The molecule has 0 atom stereocenters. The molecule has 1 heterocycles. The van der Waals surface area contributed by atoms with E-state index < -0.39 is 5.97 Å². The van der Waals surface area contributed by atoms with Gasteiger partial charge in [-0.2, -0.15) is 0 Å². The molecule has 4 nitrogen and oxygen atoms in total. The van der Waals surface area contributed by atoms with Crippen LogP contribution in [0.2, 0.25) is 0 Å². The molecule has 0 saturated heterocycles. The molecule has 0 aliphatic rings. The van der Waals surface area contributed by atoms with Gasteiger partial charge in [-0.15, -0.1) is 0 Å². The van der Waals surface area contributed by atoms with Crippen molar-refractivity contribution in [1.82, 2.24) is 4.57 Å². The Bertz CT molecular complexity index is 574. The van der Waals surface area contributed by atoms with Crippen molar-refractivity contribution in [1.29, 1.82) is 0 Å². The molecule has 0 unspecified atom stereocenters. The van der Waals surface area contributed by atoms with Crippen LogP contribution in [0.5, 0.6) is 5.75 Å². The fraction of sp³-hybridized carbons (Fsp3) is 0.182. The second-order valence-electron chi connectivity index (χ2n) is 3.44. The highest BCUT2D eigenvalue weighted by Crippen LogP contribution is 2.31. The number of aryl methyl sites for hydroxylation is 1. The standard InChI is InChI=1S/C11H10BrNO3/c1-13-8-5-10(16-2)7(12)3-6(8)4-9(13)11(14)15/h3-5H,1-2H3,(H,14,15). The third-order valence-electron chi connectivity index (χ3n) is 2.54. The molecule has 5 heteroatoms. The molecule has 0 bridgehead atoms. The number of benzene rings is 1. The Labute approximate surface area is 101 Å². The molecule has 0 radical (unpaired) electrons. The second kappa shape index (κ2) is 3.83. The summed E-state index contributed by atoms with van der Waals surface area (Å²) in [4.78, 5) is 11.0. The lowest BCUT2D eigenvalue weighted by molar-refractivity contribution is 0.0687. The maximum atomic E-state index is 11.0. The summed E-state index contributed by atoms with van der Waals surface area (Å²) in [5.41, 5.74) is 1.09. The fourth-order valence-corrected chi connectivity index (χ4v) is 2.22. The van der Waals surface area contributed by atoms with Crippen molar-refractivity contribution in [3.05, 3.63) is 28.4 Å². The predicted octanol–water partition coefficient (Wildman–Crippen LogP) is 2.65. The summed E-state index contributed by atoms with van der Waals surface area (Å²) < 4.78 is 7.61. The van der Waals surface area contributed by atoms with Gasteiger partial charge in [-0.1, -0.05) is 0 Å². The van der Waals surface area contributed by atoms with E-state index >= 15 is 0 Å². The van der Waals surface area contributed by atoms with Crippen LogP contribution in [0.3, 0.4) is 0 Å². The third-order valence-corrected chi connectivity index (χ3v) is 3.15. The van der Waals surface area contributed by atoms with E-state index in [2.05, 4.69) is 15.9 Å². The molecule has 0 saturated carbocycles. The number of hydrogen-bond donors (Lipinski definition) is 1. The van der Waals surface area contributed by atoms with Crippen LogP contribution in [0.15, 0.2) is 22.7 Å². The molecule has 1 N–H and O–H groups in total. The molecule has 0 aliphatic heterocycles. The predicted molar refractivity (Wildman–Crippen MR) is 64.1 cm³/mol. The second-order valence-corrected chi connectivity index (χ2v) is 4.29. The van der Waals surface area contributed by atoms with Crippen LogP contribution in [-0.4, -0.2) is 22.8 Å². The lowest BCUT2D eigenvalue weighted by Gasteiger charge is -2.04. The molecule has 2 rings (SSSR count). The van der Waals surface area contributed by atoms with Gasteiger partial charge < -0.3 is 14.4 Å². The number of nitrogens with zero attached hydrogens (tertiary/aromatic N) is 1. The Morgan fingerprint density at radius 3 is 2.69 bits per heavy atom. The van der Waals surface area contributed by atoms with E-state index in [1.54, 1.807) is 24.8 Å². The van der Waals surface area contributed by atoms with Crippen molar-refractivity contribution in [2.24, 2.45) is 7.05 Å². The van der Waals surface area contributed by atoms with E-state index in [-0.39, 0.29) is 5.69 Å².